The normalized spacial score (nSPS) is 10.8. The lowest BCUT2D eigenvalue weighted by atomic mass is 10.0. The van der Waals surface area contributed by atoms with Crippen LogP contribution >= 0.6 is 0 Å². The fourth-order valence-electron chi connectivity index (χ4n) is 3.98. The zero-order chi connectivity index (χ0) is 24.1. The molecule has 3 aromatic rings. The van der Waals surface area contributed by atoms with E-state index in [1.165, 1.54) is 16.7 Å². The average molecular weight is 446 g/mol. The van der Waals surface area contributed by atoms with E-state index in [2.05, 4.69) is 74.5 Å². The van der Waals surface area contributed by atoms with Crippen molar-refractivity contribution in [3.8, 4) is 11.6 Å². The highest BCUT2D eigenvalue weighted by molar-refractivity contribution is 5.78. The summed E-state index contributed by atoms with van der Waals surface area (Å²) in [5, 5.41) is 6.42. The molecule has 0 unspecified atom stereocenters. The lowest BCUT2D eigenvalue weighted by Gasteiger charge is -2.17. The molecule has 0 aliphatic rings. The number of ether oxygens (including phenoxy) is 1. The summed E-state index contributed by atoms with van der Waals surface area (Å²) in [7, 11) is 0. The van der Waals surface area contributed by atoms with E-state index in [4.69, 9.17) is 4.74 Å². The predicted molar refractivity (Wildman–Crippen MR) is 136 cm³/mol. The Morgan fingerprint density at radius 1 is 0.848 bits per heavy atom. The number of pyridine rings is 1. The summed E-state index contributed by atoms with van der Waals surface area (Å²) in [5.41, 5.74) is 9.67. The van der Waals surface area contributed by atoms with Crippen LogP contribution in [-0.2, 0) is 11.2 Å². The average Bonchev–Trinajstić information content (AvgIpc) is 2.73. The molecule has 1 amide bonds. The fourth-order valence-corrected chi connectivity index (χ4v) is 3.98. The van der Waals surface area contributed by atoms with Crippen LogP contribution in [0.5, 0.6) is 11.6 Å². The lowest BCUT2D eigenvalue weighted by Crippen LogP contribution is -2.30. The van der Waals surface area contributed by atoms with Gasteiger partial charge < -0.3 is 15.4 Å². The third-order valence-corrected chi connectivity index (χ3v) is 5.86. The summed E-state index contributed by atoms with van der Waals surface area (Å²) in [5.74, 6) is 1.48. The van der Waals surface area contributed by atoms with E-state index in [-0.39, 0.29) is 5.91 Å². The number of aryl methyl sites for hydroxylation is 6. The Hall–Kier alpha value is -3.34. The van der Waals surface area contributed by atoms with Gasteiger partial charge in [0.25, 0.3) is 0 Å². The topological polar surface area (TPSA) is 63.2 Å². The van der Waals surface area contributed by atoms with Gasteiger partial charge in [-0.1, -0.05) is 35.9 Å². The Morgan fingerprint density at radius 3 is 2.21 bits per heavy atom. The van der Waals surface area contributed by atoms with E-state index in [1.807, 2.05) is 26.0 Å². The second-order valence-electron chi connectivity index (χ2n) is 8.94. The number of hydrogen-bond donors (Lipinski definition) is 2. The van der Waals surface area contributed by atoms with Gasteiger partial charge in [-0.2, -0.15) is 0 Å². The second-order valence-corrected chi connectivity index (χ2v) is 8.94. The van der Waals surface area contributed by atoms with Crippen LogP contribution in [0.4, 0.5) is 5.69 Å². The first-order valence-electron chi connectivity index (χ1n) is 11.4. The molecule has 5 heteroatoms. The largest absolute Gasteiger partial charge is 0.438 e. The quantitative estimate of drug-likeness (QED) is 0.430. The summed E-state index contributed by atoms with van der Waals surface area (Å²) in [4.78, 5) is 16.9. The number of carbonyl (C=O) groups is 1. The Labute approximate surface area is 197 Å². The van der Waals surface area contributed by atoms with Gasteiger partial charge in [0.1, 0.15) is 5.75 Å². The molecule has 3 rings (SSSR count). The summed E-state index contributed by atoms with van der Waals surface area (Å²) in [6.45, 7) is 15.5. The fraction of sp³-hybridized carbons (Fsp3) is 0.357. The number of carbonyl (C=O) groups excluding carboxylic acids is 1. The van der Waals surface area contributed by atoms with Gasteiger partial charge >= 0.3 is 0 Å². The summed E-state index contributed by atoms with van der Waals surface area (Å²) >= 11 is 0. The minimum Gasteiger partial charge on any atom is -0.438 e. The standard InChI is InChI=1S/C28H35N3O2/c1-17-12-20(4)27(21(5)13-17)33-28-23(7)25(15-22(6)31-28)29-10-11-30-26(32)16-24-9-8-18(2)19(3)14-24/h8-9,12-15H,10-11,16H2,1-7H3,(H,29,31)(H,30,32). The monoisotopic (exact) mass is 445 g/mol. The first-order valence-corrected chi connectivity index (χ1v) is 11.4. The van der Waals surface area contributed by atoms with Crippen LogP contribution in [0.3, 0.4) is 0 Å². The van der Waals surface area contributed by atoms with Gasteiger partial charge in [0.2, 0.25) is 11.8 Å². The van der Waals surface area contributed by atoms with Crippen molar-refractivity contribution in [1.82, 2.24) is 10.3 Å². The van der Waals surface area contributed by atoms with Gasteiger partial charge in [-0.3, -0.25) is 4.79 Å². The number of nitrogens with one attached hydrogen (secondary N) is 2. The van der Waals surface area contributed by atoms with Crippen LogP contribution < -0.4 is 15.4 Å². The van der Waals surface area contributed by atoms with Crippen molar-refractivity contribution in [3.63, 3.8) is 0 Å². The molecule has 0 saturated heterocycles. The van der Waals surface area contributed by atoms with Crippen LogP contribution in [0.15, 0.2) is 36.4 Å². The van der Waals surface area contributed by atoms with Gasteiger partial charge in [-0.25, -0.2) is 4.98 Å². The Kier molecular flexibility index (Phi) is 7.75. The van der Waals surface area contributed by atoms with Gasteiger partial charge in [0.05, 0.1) is 6.42 Å². The highest BCUT2D eigenvalue weighted by Crippen LogP contribution is 2.33. The Bertz CT molecular complexity index is 1150. The van der Waals surface area contributed by atoms with E-state index < -0.39 is 0 Å². The van der Waals surface area contributed by atoms with Gasteiger partial charge in [-0.05, 0) is 82.3 Å². The Morgan fingerprint density at radius 2 is 1.55 bits per heavy atom. The molecule has 0 spiro atoms. The van der Waals surface area contributed by atoms with Crippen molar-refractivity contribution in [2.45, 2.75) is 54.9 Å². The van der Waals surface area contributed by atoms with Gasteiger partial charge in [0.15, 0.2) is 0 Å². The number of rotatable bonds is 8. The SMILES string of the molecule is Cc1cc(C)c(Oc2nc(C)cc(NCCNC(=O)Cc3ccc(C)c(C)c3)c2C)c(C)c1. The second kappa shape index (κ2) is 10.5. The number of aromatic nitrogens is 1. The highest BCUT2D eigenvalue weighted by Gasteiger charge is 2.13. The van der Waals surface area contributed by atoms with E-state index in [1.54, 1.807) is 0 Å². The van der Waals surface area contributed by atoms with Crippen molar-refractivity contribution in [2.24, 2.45) is 0 Å². The molecule has 0 radical (unpaired) electrons. The summed E-state index contributed by atoms with van der Waals surface area (Å²) in [6, 6.07) is 12.4. The number of nitrogens with zero attached hydrogens (tertiary/aromatic N) is 1. The molecule has 33 heavy (non-hydrogen) atoms. The molecule has 0 aliphatic carbocycles. The van der Waals surface area contributed by atoms with Crippen LogP contribution in [0.25, 0.3) is 0 Å². The lowest BCUT2D eigenvalue weighted by molar-refractivity contribution is -0.120. The molecular formula is C28H35N3O2. The molecule has 5 nitrogen and oxygen atoms in total. The van der Waals surface area contributed by atoms with E-state index >= 15 is 0 Å². The number of benzene rings is 2. The summed E-state index contributed by atoms with van der Waals surface area (Å²) < 4.78 is 6.26. The van der Waals surface area contributed by atoms with Crippen molar-refractivity contribution in [1.29, 1.82) is 0 Å². The van der Waals surface area contributed by atoms with Crippen LogP contribution in [0, 0.1) is 48.5 Å². The van der Waals surface area contributed by atoms with Crippen LogP contribution in [0.2, 0.25) is 0 Å². The number of amides is 1. The number of anilines is 1. The van der Waals surface area contributed by atoms with E-state index in [0.29, 0.717) is 25.4 Å². The molecule has 1 aromatic heterocycles. The maximum Gasteiger partial charge on any atom is 0.224 e. The molecule has 0 bridgehead atoms. The van der Waals surface area contributed by atoms with Gasteiger partial charge in [0, 0.05) is 30.0 Å². The van der Waals surface area contributed by atoms with E-state index in [0.717, 1.165) is 39.4 Å². The zero-order valence-electron chi connectivity index (χ0n) is 20.8. The molecule has 2 aromatic carbocycles. The molecule has 2 N–H and O–H groups in total. The van der Waals surface area contributed by atoms with Gasteiger partial charge in [-0.15, -0.1) is 0 Å². The van der Waals surface area contributed by atoms with Crippen molar-refractivity contribution in [3.05, 3.63) is 81.0 Å². The highest BCUT2D eigenvalue weighted by atomic mass is 16.5. The Balaban J connectivity index is 1.60. The third kappa shape index (κ3) is 6.35. The molecule has 0 aliphatic heterocycles. The van der Waals surface area contributed by atoms with Crippen LogP contribution in [0.1, 0.15) is 44.6 Å². The van der Waals surface area contributed by atoms with E-state index in [9.17, 15) is 4.79 Å². The maximum absolute atomic E-state index is 12.3. The predicted octanol–water partition coefficient (Wildman–Crippen LogP) is 5.80. The summed E-state index contributed by atoms with van der Waals surface area (Å²) in [6.07, 6.45) is 0.391. The molecule has 0 saturated carbocycles. The smallest absolute Gasteiger partial charge is 0.224 e. The molecule has 1 heterocycles. The number of hydrogen-bond acceptors (Lipinski definition) is 4. The first kappa shape index (κ1) is 24.3. The zero-order valence-corrected chi connectivity index (χ0v) is 20.8. The molecule has 174 valence electrons. The minimum atomic E-state index is 0.0250. The molecule has 0 fully saturated rings. The van der Waals surface area contributed by atoms with Crippen molar-refractivity contribution >= 4 is 11.6 Å². The molecule has 0 atom stereocenters. The first-order chi connectivity index (χ1) is 15.6. The maximum atomic E-state index is 12.3. The van der Waals surface area contributed by atoms with Crippen LogP contribution in [-0.4, -0.2) is 24.0 Å². The molecular weight excluding hydrogens is 410 g/mol. The van der Waals surface area contributed by atoms with Crippen molar-refractivity contribution in [2.75, 3.05) is 18.4 Å². The van der Waals surface area contributed by atoms with Crippen molar-refractivity contribution < 1.29 is 9.53 Å². The minimum absolute atomic E-state index is 0.0250. The third-order valence-electron chi connectivity index (χ3n) is 5.86.